The van der Waals surface area contributed by atoms with Gasteiger partial charge in [-0.2, -0.15) is 0 Å². The zero-order valence-electron chi connectivity index (χ0n) is 15.7. The van der Waals surface area contributed by atoms with E-state index in [1.54, 1.807) is 0 Å². The monoisotopic (exact) mass is 383 g/mol. The van der Waals surface area contributed by atoms with Gasteiger partial charge in [0, 0.05) is 16.8 Å². The lowest BCUT2D eigenvalue weighted by molar-refractivity contribution is -0.115. The molecule has 0 atom stereocenters. The summed E-state index contributed by atoms with van der Waals surface area (Å²) in [4.78, 5) is 31.9. The van der Waals surface area contributed by atoms with Crippen molar-refractivity contribution in [3.63, 3.8) is 0 Å². The number of aromatic nitrogens is 2. The molecule has 0 aliphatic carbocycles. The number of ether oxygens (including phenoxy) is 1. The number of carbonyl (C=O) groups is 2. The fourth-order valence-corrected chi connectivity index (χ4v) is 3.68. The third kappa shape index (κ3) is 4.09. The first-order valence-corrected chi connectivity index (χ1v) is 9.35. The number of thiazole rings is 1. The van der Waals surface area contributed by atoms with Crippen LogP contribution in [-0.2, 0) is 16.0 Å². The number of benzene rings is 1. The van der Waals surface area contributed by atoms with Gasteiger partial charge in [0.15, 0.2) is 0 Å². The van der Waals surface area contributed by atoms with E-state index in [1.807, 2.05) is 50.4 Å². The summed E-state index contributed by atoms with van der Waals surface area (Å²) in [5.41, 5.74) is 5.45. The Kier molecular flexibility index (Phi) is 5.41. The van der Waals surface area contributed by atoms with Gasteiger partial charge in [-0.3, -0.25) is 4.79 Å². The molecule has 0 aliphatic heterocycles. The Morgan fingerprint density at radius 2 is 1.89 bits per heavy atom. The van der Waals surface area contributed by atoms with Crippen LogP contribution in [0.3, 0.4) is 0 Å². The number of amides is 1. The number of anilines is 1. The number of nitrogens with one attached hydrogen (secondary N) is 2. The van der Waals surface area contributed by atoms with Gasteiger partial charge in [0.1, 0.15) is 5.01 Å². The number of hydrogen-bond donors (Lipinski definition) is 2. The molecule has 140 valence electrons. The van der Waals surface area contributed by atoms with Crippen molar-refractivity contribution in [2.75, 3.05) is 12.4 Å². The Morgan fingerprint density at radius 3 is 2.56 bits per heavy atom. The van der Waals surface area contributed by atoms with Gasteiger partial charge < -0.3 is 15.0 Å². The van der Waals surface area contributed by atoms with E-state index in [-0.39, 0.29) is 18.3 Å². The van der Waals surface area contributed by atoms with Gasteiger partial charge in [-0.25, -0.2) is 9.78 Å². The molecule has 0 radical (unpaired) electrons. The summed E-state index contributed by atoms with van der Waals surface area (Å²) in [6, 6.07) is 7.65. The maximum Gasteiger partial charge on any atom is 0.339 e. The van der Waals surface area contributed by atoms with E-state index in [4.69, 9.17) is 4.74 Å². The summed E-state index contributed by atoms with van der Waals surface area (Å²) < 4.78 is 4.84. The topological polar surface area (TPSA) is 84.1 Å². The molecule has 6 nitrogen and oxygen atoms in total. The lowest BCUT2D eigenvalue weighted by Gasteiger charge is -2.04. The van der Waals surface area contributed by atoms with E-state index in [1.165, 1.54) is 18.4 Å². The number of esters is 1. The number of methoxy groups -OCH3 is 1. The molecule has 0 fully saturated rings. The second kappa shape index (κ2) is 7.75. The Labute approximate surface area is 161 Å². The second-order valence-electron chi connectivity index (χ2n) is 6.33. The van der Waals surface area contributed by atoms with Crippen LogP contribution in [0.5, 0.6) is 0 Å². The van der Waals surface area contributed by atoms with Crippen molar-refractivity contribution in [1.82, 2.24) is 9.97 Å². The molecular weight excluding hydrogens is 362 g/mol. The number of rotatable bonds is 5. The average Bonchev–Trinajstić information content (AvgIpc) is 3.20. The Balaban J connectivity index is 1.74. The molecule has 7 heteroatoms. The molecule has 2 aromatic heterocycles. The predicted octanol–water partition coefficient (Wildman–Crippen LogP) is 4.03. The largest absolute Gasteiger partial charge is 0.465 e. The van der Waals surface area contributed by atoms with Crippen molar-refractivity contribution in [2.45, 2.75) is 27.2 Å². The minimum absolute atomic E-state index is 0.116. The van der Waals surface area contributed by atoms with E-state index >= 15 is 0 Å². The maximum atomic E-state index is 12.3. The van der Waals surface area contributed by atoms with E-state index in [9.17, 15) is 9.59 Å². The van der Waals surface area contributed by atoms with Crippen molar-refractivity contribution in [3.05, 3.63) is 57.0 Å². The summed E-state index contributed by atoms with van der Waals surface area (Å²) in [5, 5.41) is 5.46. The van der Waals surface area contributed by atoms with E-state index < -0.39 is 0 Å². The number of carbonyl (C=O) groups excluding carboxylic acids is 2. The highest BCUT2D eigenvalue weighted by Gasteiger charge is 2.21. The first kappa shape index (κ1) is 18.8. The van der Waals surface area contributed by atoms with Gasteiger partial charge >= 0.3 is 5.97 Å². The minimum Gasteiger partial charge on any atom is -0.465 e. The summed E-state index contributed by atoms with van der Waals surface area (Å²) >= 11 is 1.42. The summed E-state index contributed by atoms with van der Waals surface area (Å²) in [6.07, 6.45) is 0.196. The van der Waals surface area contributed by atoms with Gasteiger partial charge in [-0.05, 0) is 38.5 Å². The zero-order chi connectivity index (χ0) is 19.6. The van der Waals surface area contributed by atoms with Crippen LogP contribution < -0.4 is 5.32 Å². The first-order chi connectivity index (χ1) is 12.9. The highest BCUT2D eigenvalue weighted by Crippen LogP contribution is 2.29. The lowest BCUT2D eigenvalue weighted by atomic mass is 10.1. The van der Waals surface area contributed by atoms with Crippen LogP contribution in [0.15, 0.2) is 29.6 Å². The van der Waals surface area contributed by atoms with Gasteiger partial charge in [-0.15, -0.1) is 11.3 Å². The molecule has 0 spiro atoms. The van der Waals surface area contributed by atoms with Crippen LogP contribution in [0.1, 0.15) is 32.2 Å². The molecule has 27 heavy (non-hydrogen) atoms. The number of H-pyrrole nitrogens is 1. The van der Waals surface area contributed by atoms with Crippen molar-refractivity contribution in [3.8, 4) is 11.4 Å². The van der Waals surface area contributed by atoms with Crippen molar-refractivity contribution in [1.29, 1.82) is 0 Å². The lowest BCUT2D eigenvalue weighted by Crippen LogP contribution is -2.14. The average molecular weight is 383 g/mol. The number of hydrogen-bond acceptors (Lipinski definition) is 5. The SMILES string of the molecule is COC(=O)c1c(C)[nH]c(-c2csc(CC(=O)Nc3ccc(C)cc3)n2)c1C. The smallest absolute Gasteiger partial charge is 0.339 e. The fourth-order valence-electron chi connectivity index (χ4n) is 2.90. The van der Waals surface area contributed by atoms with E-state index in [0.29, 0.717) is 16.3 Å². The minimum atomic E-state index is -0.375. The molecular formula is C20H21N3O3S. The number of aryl methyl sites for hydroxylation is 2. The highest BCUT2D eigenvalue weighted by atomic mass is 32.1. The molecule has 3 aromatic rings. The van der Waals surface area contributed by atoms with E-state index in [0.717, 1.165) is 28.2 Å². The van der Waals surface area contributed by atoms with E-state index in [2.05, 4.69) is 15.3 Å². The zero-order valence-corrected chi connectivity index (χ0v) is 16.5. The van der Waals surface area contributed by atoms with Crippen LogP contribution in [0.4, 0.5) is 5.69 Å². The van der Waals surface area contributed by atoms with Crippen molar-refractivity contribution in [2.24, 2.45) is 0 Å². The van der Waals surface area contributed by atoms with Crippen molar-refractivity contribution < 1.29 is 14.3 Å². The molecule has 2 N–H and O–H groups in total. The van der Waals surface area contributed by atoms with Gasteiger partial charge in [0.2, 0.25) is 5.91 Å². The Hall–Kier alpha value is -2.93. The maximum absolute atomic E-state index is 12.3. The molecule has 2 heterocycles. The molecule has 0 saturated heterocycles. The first-order valence-electron chi connectivity index (χ1n) is 8.47. The standard InChI is InChI=1S/C20H21N3O3S/c1-11-5-7-14(8-6-11)22-16(24)9-17-23-15(10-27-17)19-12(2)18(13(3)21-19)20(25)26-4/h5-8,10,21H,9H2,1-4H3,(H,22,24). The summed E-state index contributed by atoms with van der Waals surface area (Å²) in [7, 11) is 1.36. The Bertz CT molecular complexity index is 987. The normalized spacial score (nSPS) is 10.7. The summed E-state index contributed by atoms with van der Waals surface area (Å²) in [6.45, 7) is 5.68. The quantitative estimate of drug-likeness (QED) is 0.652. The molecule has 0 saturated carbocycles. The van der Waals surface area contributed by atoms with Crippen LogP contribution in [0.2, 0.25) is 0 Å². The highest BCUT2D eigenvalue weighted by molar-refractivity contribution is 7.10. The molecule has 0 unspecified atom stereocenters. The third-order valence-electron chi connectivity index (χ3n) is 4.28. The van der Waals surface area contributed by atoms with Gasteiger partial charge in [0.05, 0.1) is 30.5 Å². The molecule has 0 bridgehead atoms. The van der Waals surface area contributed by atoms with Crippen LogP contribution in [-0.4, -0.2) is 29.0 Å². The third-order valence-corrected chi connectivity index (χ3v) is 5.13. The van der Waals surface area contributed by atoms with Crippen LogP contribution in [0, 0.1) is 20.8 Å². The molecule has 1 aromatic carbocycles. The summed E-state index contributed by atoms with van der Waals surface area (Å²) in [5.74, 6) is -0.491. The molecule has 3 rings (SSSR count). The van der Waals surface area contributed by atoms with Gasteiger partial charge in [0.25, 0.3) is 0 Å². The second-order valence-corrected chi connectivity index (χ2v) is 7.28. The number of nitrogens with zero attached hydrogens (tertiary/aromatic N) is 1. The molecule has 1 amide bonds. The Morgan fingerprint density at radius 1 is 1.19 bits per heavy atom. The van der Waals surface area contributed by atoms with Crippen LogP contribution >= 0.6 is 11.3 Å². The molecule has 0 aliphatic rings. The van der Waals surface area contributed by atoms with Gasteiger partial charge in [-0.1, -0.05) is 17.7 Å². The fraction of sp³-hybridized carbons (Fsp3) is 0.250. The van der Waals surface area contributed by atoms with Crippen LogP contribution in [0.25, 0.3) is 11.4 Å². The number of aromatic amines is 1. The van der Waals surface area contributed by atoms with Crippen molar-refractivity contribution >= 4 is 28.9 Å². The predicted molar refractivity (Wildman–Crippen MR) is 106 cm³/mol.